The number of aromatic nitrogens is 1. The molecule has 6 nitrogen and oxygen atoms in total. The normalized spacial score (nSPS) is 12.8. The van der Waals surface area contributed by atoms with Crippen LogP contribution in [0.2, 0.25) is 0 Å². The molecule has 0 bridgehead atoms. The van der Waals surface area contributed by atoms with Gasteiger partial charge in [0.15, 0.2) is 9.84 Å². The molecule has 0 aliphatic heterocycles. The van der Waals surface area contributed by atoms with Crippen molar-refractivity contribution in [1.82, 2.24) is 10.3 Å². The SMILES string of the molecule is CC(C)(C)CS(=O)(=O)Cc1ncccc1CNC(=O)OC(C)(C)C. The average molecular weight is 356 g/mol. The van der Waals surface area contributed by atoms with E-state index in [0.29, 0.717) is 11.3 Å². The van der Waals surface area contributed by atoms with Gasteiger partial charge in [0.25, 0.3) is 0 Å². The molecular weight excluding hydrogens is 328 g/mol. The highest BCUT2D eigenvalue weighted by Crippen LogP contribution is 2.20. The number of ether oxygens (including phenoxy) is 1. The van der Waals surface area contributed by atoms with Gasteiger partial charge in [-0.05, 0) is 37.8 Å². The van der Waals surface area contributed by atoms with Crippen LogP contribution in [0.4, 0.5) is 4.79 Å². The molecule has 0 saturated carbocycles. The quantitative estimate of drug-likeness (QED) is 0.876. The van der Waals surface area contributed by atoms with Crippen LogP contribution in [-0.2, 0) is 26.9 Å². The topological polar surface area (TPSA) is 85.4 Å². The molecule has 1 heterocycles. The summed E-state index contributed by atoms with van der Waals surface area (Å²) in [6.45, 7) is 11.2. The molecule has 0 saturated heterocycles. The van der Waals surface area contributed by atoms with E-state index in [2.05, 4.69) is 10.3 Å². The Bertz CT molecular complexity index is 671. The van der Waals surface area contributed by atoms with Gasteiger partial charge < -0.3 is 10.1 Å². The lowest BCUT2D eigenvalue weighted by molar-refractivity contribution is 0.0523. The second-order valence-corrected chi connectivity index (χ2v) is 10.1. The van der Waals surface area contributed by atoms with Crippen LogP contribution in [0, 0.1) is 5.41 Å². The number of carbonyl (C=O) groups is 1. The fraction of sp³-hybridized carbons (Fsp3) is 0.647. The Kier molecular flexibility index (Phi) is 6.38. The predicted molar refractivity (Wildman–Crippen MR) is 94.3 cm³/mol. The van der Waals surface area contributed by atoms with Crippen molar-refractivity contribution < 1.29 is 17.9 Å². The summed E-state index contributed by atoms with van der Waals surface area (Å²) >= 11 is 0. The summed E-state index contributed by atoms with van der Waals surface area (Å²) in [6.07, 6.45) is 1.01. The van der Waals surface area contributed by atoms with E-state index >= 15 is 0 Å². The summed E-state index contributed by atoms with van der Waals surface area (Å²) in [5.41, 5.74) is 0.221. The van der Waals surface area contributed by atoms with Gasteiger partial charge in [-0.1, -0.05) is 26.8 Å². The molecule has 24 heavy (non-hydrogen) atoms. The van der Waals surface area contributed by atoms with E-state index < -0.39 is 21.5 Å². The monoisotopic (exact) mass is 356 g/mol. The van der Waals surface area contributed by atoms with Gasteiger partial charge in [-0.3, -0.25) is 4.98 Å². The Hall–Kier alpha value is -1.63. The third-order valence-corrected chi connectivity index (χ3v) is 4.84. The number of nitrogens with one attached hydrogen (secondary N) is 1. The number of hydrogen-bond acceptors (Lipinski definition) is 5. The number of rotatable bonds is 5. The number of hydrogen-bond donors (Lipinski definition) is 1. The third kappa shape index (κ3) is 8.29. The molecule has 1 aromatic rings. The van der Waals surface area contributed by atoms with Crippen molar-refractivity contribution in [3.8, 4) is 0 Å². The van der Waals surface area contributed by atoms with Crippen molar-refractivity contribution >= 4 is 15.9 Å². The van der Waals surface area contributed by atoms with Gasteiger partial charge in [-0.15, -0.1) is 0 Å². The van der Waals surface area contributed by atoms with Crippen LogP contribution >= 0.6 is 0 Å². The van der Waals surface area contributed by atoms with Gasteiger partial charge in [0, 0.05) is 12.7 Å². The molecule has 1 aromatic heterocycles. The molecule has 7 heteroatoms. The lowest BCUT2D eigenvalue weighted by Crippen LogP contribution is -2.32. The zero-order valence-corrected chi connectivity index (χ0v) is 16.2. The minimum atomic E-state index is -3.29. The second kappa shape index (κ2) is 7.51. The lowest BCUT2D eigenvalue weighted by Gasteiger charge is -2.20. The van der Waals surface area contributed by atoms with Crippen molar-refractivity contribution in [3.63, 3.8) is 0 Å². The first-order chi connectivity index (χ1) is 10.8. The van der Waals surface area contributed by atoms with Gasteiger partial charge in [-0.25, -0.2) is 13.2 Å². The van der Waals surface area contributed by atoms with E-state index in [1.165, 1.54) is 0 Å². The van der Waals surface area contributed by atoms with Crippen LogP contribution in [0.3, 0.4) is 0 Å². The van der Waals surface area contributed by atoms with E-state index in [9.17, 15) is 13.2 Å². The van der Waals surface area contributed by atoms with Crippen LogP contribution < -0.4 is 5.32 Å². The number of carbonyl (C=O) groups excluding carboxylic acids is 1. The van der Waals surface area contributed by atoms with Crippen molar-refractivity contribution in [2.24, 2.45) is 5.41 Å². The van der Waals surface area contributed by atoms with E-state index in [4.69, 9.17) is 4.74 Å². The maximum Gasteiger partial charge on any atom is 0.407 e. The zero-order chi connectivity index (χ0) is 18.6. The fourth-order valence-corrected chi connectivity index (χ4v) is 4.26. The standard InChI is InChI=1S/C17H28N2O4S/c1-16(2,3)12-24(21,22)11-14-13(8-7-9-18-14)10-19-15(20)23-17(4,5)6/h7-9H,10-12H2,1-6H3,(H,19,20). The van der Waals surface area contributed by atoms with Gasteiger partial charge in [0.1, 0.15) is 5.60 Å². The van der Waals surface area contributed by atoms with Gasteiger partial charge in [0.2, 0.25) is 0 Å². The highest BCUT2D eigenvalue weighted by Gasteiger charge is 2.24. The van der Waals surface area contributed by atoms with Crippen LogP contribution in [0.5, 0.6) is 0 Å². The van der Waals surface area contributed by atoms with Gasteiger partial charge >= 0.3 is 6.09 Å². The summed E-state index contributed by atoms with van der Waals surface area (Å²) < 4.78 is 29.9. The predicted octanol–water partition coefficient (Wildman–Crippen LogP) is 3.07. The molecule has 0 radical (unpaired) electrons. The molecule has 0 aromatic carbocycles. The number of pyridine rings is 1. The average Bonchev–Trinajstić information content (AvgIpc) is 2.32. The van der Waals surface area contributed by atoms with E-state index in [1.54, 1.807) is 39.1 Å². The third-order valence-electron chi connectivity index (χ3n) is 2.82. The Morgan fingerprint density at radius 1 is 1.21 bits per heavy atom. The summed E-state index contributed by atoms with van der Waals surface area (Å²) in [7, 11) is -3.29. The number of sulfone groups is 1. The molecule has 1 amide bonds. The zero-order valence-electron chi connectivity index (χ0n) is 15.3. The Morgan fingerprint density at radius 2 is 1.83 bits per heavy atom. The summed E-state index contributed by atoms with van der Waals surface area (Å²) in [5, 5.41) is 2.63. The molecule has 0 fully saturated rings. The lowest BCUT2D eigenvalue weighted by atomic mass is 10.0. The second-order valence-electron chi connectivity index (χ2n) is 8.06. The highest BCUT2D eigenvalue weighted by molar-refractivity contribution is 7.90. The van der Waals surface area contributed by atoms with E-state index in [-0.39, 0.29) is 23.5 Å². The number of alkyl carbamates (subject to hydrolysis) is 1. The molecule has 0 unspecified atom stereocenters. The smallest absolute Gasteiger partial charge is 0.407 e. The van der Waals surface area contributed by atoms with Crippen molar-refractivity contribution in [3.05, 3.63) is 29.6 Å². The van der Waals surface area contributed by atoms with Gasteiger partial charge in [-0.2, -0.15) is 0 Å². The molecule has 0 spiro atoms. The molecule has 0 aliphatic rings. The fourth-order valence-electron chi connectivity index (χ4n) is 2.16. The molecule has 0 atom stereocenters. The molecule has 0 aliphatic carbocycles. The van der Waals surface area contributed by atoms with Crippen molar-refractivity contribution in [2.45, 2.75) is 59.4 Å². The maximum absolute atomic E-state index is 12.3. The maximum atomic E-state index is 12.3. The van der Waals surface area contributed by atoms with E-state index in [1.807, 2.05) is 20.8 Å². The largest absolute Gasteiger partial charge is 0.444 e. The van der Waals surface area contributed by atoms with Crippen LogP contribution in [0.25, 0.3) is 0 Å². The minimum absolute atomic E-state index is 0.0789. The highest BCUT2D eigenvalue weighted by atomic mass is 32.2. The summed E-state index contributed by atoms with van der Waals surface area (Å²) in [4.78, 5) is 15.9. The van der Waals surface area contributed by atoms with Crippen LogP contribution in [0.15, 0.2) is 18.3 Å². The minimum Gasteiger partial charge on any atom is -0.444 e. The molecule has 136 valence electrons. The molecule has 1 N–H and O–H groups in total. The van der Waals surface area contributed by atoms with Gasteiger partial charge in [0.05, 0.1) is 17.2 Å². The van der Waals surface area contributed by atoms with Crippen molar-refractivity contribution in [2.75, 3.05) is 5.75 Å². The first-order valence-electron chi connectivity index (χ1n) is 7.87. The van der Waals surface area contributed by atoms with Crippen LogP contribution in [0.1, 0.15) is 52.8 Å². The van der Waals surface area contributed by atoms with E-state index in [0.717, 1.165) is 0 Å². The van der Waals surface area contributed by atoms with Crippen molar-refractivity contribution in [1.29, 1.82) is 0 Å². The first kappa shape index (κ1) is 20.4. The summed E-state index contributed by atoms with van der Waals surface area (Å²) in [6, 6.07) is 3.47. The first-order valence-corrected chi connectivity index (χ1v) is 9.70. The summed E-state index contributed by atoms with van der Waals surface area (Å²) in [5.74, 6) is -0.0635. The number of amides is 1. The van der Waals surface area contributed by atoms with Crippen LogP contribution in [-0.4, -0.2) is 30.8 Å². The Balaban J connectivity index is 2.80. The Morgan fingerprint density at radius 3 is 2.38 bits per heavy atom. The molecule has 1 rings (SSSR count). The molecular formula is C17H28N2O4S. The number of nitrogens with zero attached hydrogens (tertiary/aromatic N) is 1. The Labute approximate surface area is 144 Å².